The quantitative estimate of drug-likeness (QED) is 0.493. The van der Waals surface area contributed by atoms with Crippen molar-refractivity contribution in [1.82, 2.24) is 9.80 Å². The smallest absolute Gasteiger partial charge is 0.219 e. The third-order valence-corrected chi connectivity index (χ3v) is 8.18. The molecule has 32 heavy (non-hydrogen) atoms. The van der Waals surface area contributed by atoms with Crippen LogP contribution in [0.2, 0.25) is 0 Å². The molecule has 0 atom stereocenters. The average Bonchev–Trinajstić information content (AvgIpc) is 3.62. The fourth-order valence-electron chi connectivity index (χ4n) is 5.93. The summed E-state index contributed by atoms with van der Waals surface area (Å²) < 4.78 is 5.92. The molecule has 0 radical (unpaired) electrons. The summed E-state index contributed by atoms with van der Waals surface area (Å²) in [6, 6.07) is 5.18. The number of nitrogens with zero attached hydrogens (tertiary/aromatic N) is 2. The van der Waals surface area contributed by atoms with E-state index >= 15 is 0 Å². The van der Waals surface area contributed by atoms with Crippen LogP contribution in [-0.4, -0.2) is 48.0 Å². The Labute approximate surface area is 195 Å². The van der Waals surface area contributed by atoms with E-state index in [-0.39, 0.29) is 11.3 Å². The van der Waals surface area contributed by atoms with Crippen molar-refractivity contribution in [3.05, 3.63) is 28.8 Å². The van der Waals surface area contributed by atoms with E-state index in [1.165, 1.54) is 68.9 Å². The first-order valence-corrected chi connectivity index (χ1v) is 13.1. The normalized spacial score (nSPS) is 22.0. The summed E-state index contributed by atoms with van der Waals surface area (Å²) in [6.07, 6.45) is 11.3. The van der Waals surface area contributed by atoms with Crippen LogP contribution < -0.4 is 4.74 Å². The van der Waals surface area contributed by atoms with Crippen molar-refractivity contribution >= 4 is 5.91 Å². The molecule has 0 N–H and O–H groups in total. The summed E-state index contributed by atoms with van der Waals surface area (Å²) in [5.41, 5.74) is 4.54. The van der Waals surface area contributed by atoms with Gasteiger partial charge in [-0.15, -0.1) is 0 Å². The van der Waals surface area contributed by atoms with Crippen molar-refractivity contribution < 1.29 is 9.53 Å². The van der Waals surface area contributed by atoms with Crippen LogP contribution in [0, 0.1) is 12.3 Å². The number of likely N-dealkylation sites (tertiary alicyclic amines) is 1. The summed E-state index contributed by atoms with van der Waals surface area (Å²) in [4.78, 5) is 17.4. The molecule has 3 aliphatic rings. The zero-order valence-corrected chi connectivity index (χ0v) is 20.9. The highest BCUT2D eigenvalue weighted by molar-refractivity contribution is 5.73. The average molecular weight is 441 g/mol. The maximum absolute atomic E-state index is 12.5. The Hall–Kier alpha value is -1.55. The van der Waals surface area contributed by atoms with E-state index < -0.39 is 0 Å². The van der Waals surface area contributed by atoms with Gasteiger partial charge in [-0.1, -0.05) is 32.3 Å². The van der Waals surface area contributed by atoms with Gasteiger partial charge in [0.25, 0.3) is 0 Å². The largest absolute Gasteiger partial charge is 0.494 e. The van der Waals surface area contributed by atoms with Crippen molar-refractivity contribution in [2.45, 2.75) is 104 Å². The number of ether oxygens (including phenoxy) is 1. The van der Waals surface area contributed by atoms with Gasteiger partial charge in [-0.25, -0.2) is 0 Å². The molecule has 2 aliphatic carbocycles. The Kier molecular flexibility index (Phi) is 7.49. The molecule has 0 aromatic heterocycles. The molecule has 1 amide bonds. The van der Waals surface area contributed by atoms with Gasteiger partial charge in [-0.2, -0.15) is 0 Å². The van der Waals surface area contributed by atoms with Gasteiger partial charge in [0.1, 0.15) is 5.75 Å². The lowest BCUT2D eigenvalue weighted by molar-refractivity contribution is -0.134. The Morgan fingerprint density at radius 2 is 1.81 bits per heavy atom. The number of hydrogen-bond donors (Lipinski definition) is 0. The van der Waals surface area contributed by atoms with Crippen LogP contribution in [0.4, 0.5) is 0 Å². The minimum atomic E-state index is 0.239. The summed E-state index contributed by atoms with van der Waals surface area (Å²) in [5, 5.41) is 0. The van der Waals surface area contributed by atoms with E-state index in [9.17, 15) is 4.79 Å². The molecule has 1 aliphatic heterocycles. The molecule has 4 nitrogen and oxygen atoms in total. The minimum absolute atomic E-state index is 0.239. The lowest BCUT2D eigenvalue weighted by atomic mass is 9.78. The molecule has 1 saturated heterocycles. The zero-order valence-electron chi connectivity index (χ0n) is 20.9. The number of carbonyl (C=O) groups is 1. The minimum Gasteiger partial charge on any atom is -0.494 e. The fraction of sp³-hybridized carbons (Fsp3) is 0.750. The monoisotopic (exact) mass is 440 g/mol. The second-order valence-electron chi connectivity index (χ2n) is 11.0. The number of carbonyl (C=O) groups excluding carboxylic acids is 1. The van der Waals surface area contributed by atoms with Gasteiger partial charge >= 0.3 is 0 Å². The highest BCUT2D eigenvalue weighted by Gasteiger charge is 2.36. The lowest BCUT2D eigenvalue weighted by Gasteiger charge is -2.45. The van der Waals surface area contributed by atoms with Crippen molar-refractivity contribution in [3.8, 4) is 5.75 Å². The number of piperidine rings is 1. The fourth-order valence-corrected chi connectivity index (χ4v) is 5.93. The second kappa shape index (κ2) is 10.2. The van der Waals surface area contributed by atoms with Crippen molar-refractivity contribution in [2.75, 3.05) is 26.2 Å². The van der Waals surface area contributed by atoms with Crippen LogP contribution in [0.25, 0.3) is 0 Å². The summed E-state index contributed by atoms with van der Waals surface area (Å²) in [5.74, 6) is 2.09. The molecule has 2 saturated carbocycles. The van der Waals surface area contributed by atoms with Crippen LogP contribution in [0.1, 0.15) is 101 Å². The van der Waals surface area contributed by atoms with Gasteiger partial charge in [0.2, 0.25) is 5.91 Å². The zero-order chi connectivity index (χ0) is 22.7. The Morgan fingerprint density at radius 3 is 2.41 bits per heavy atom. The molecule has 1 aromatic carbocycles. The lowest BCUT2D eigenvalue weighted by Crippen LogP contribution is -2.49. The number of hydrogen-bond acceptors (Lipinski definition) is 3. The van der Waals surface area contributed by atoms with E-state index in [0.29, 0.717) is 6.04 Å². The maximum atomic E-state index is 12.5. The molecule has 4 heteroatoms. The second-order valence-corrected chi connectivity index (χ2v) is 11.0. The molecule has 4 rings (SSSR count). The first-order chi connectivity index (χ1) is 15.4. The SMILES string of the molecule is CCOc1cc(CN2CCC(C)(CN(C(C)=O)C3CCCCC3)CC2)c(C2CC2)cc1C. The molecule has 178 valence electrons. The Balaban J connectivity index is 1.39. The number of aryl methyl sites for hydroxylation is 1. The van der Waals surface area contributed by atoms with Gasteiger partial charge in [0, 0.05) is 26.1 Å². The third kappa shape index (κ3) is 5.68. The van der Waals surface area contributed by atoms with E-state index in [4.69, 9.17) is 4.74 Å². The van der Waals surface area contributed by atoms with E-state index in [0.717, 1.165) is 44.5 Å². The number of rotatable bonds is 8. The molecule has 0 unspecified atom stereocenters. The van der Waals surface area contributed by atoms with Crippen LogP contribution in [0.5, 0.6) is 5.75 Å². The summed E-state index contributed by atoms with van der Waals surface area (Å²) >= 11 is 0. The molecular weight excluding hydrogens is 396 g/mol. The standard InChI is InChI=1S/C28H44N2O2/c1-5-32-27-18-24(26(17-21(27)2)23-11-12-23)19-29-15-13-28(4,14-16-29)20-30(22(3)31)25-9-7-6-8-10-25/h17-18,23,25H,5-16,19-20H2,1-4H3. The number of benzene rings is 1. The Morgan fingerprint density at radius 1 is 1.12 bits per heavy atom. The van der Waals surface area contributed by atoms with Gasteiger partial charge < -0.3 is 9.64 Å². The van der Waals surface area contributed by atoms with Gasteiger partial charge in [0.05, 0.1) is 6.61 Å². The van der Waals surface area contributed by atoms with Crippen LogP contribution in [0.3, 0.4) is 0 Å². The highest BCUT2D eigenvalue weighted by Crippen LogP contribution is 2.44. The topological polar surface area (TPSA) is 32.8 Å². The first-order valence-electron chi connectivity index (χ1n) is 13.1. The molecule has 3 fully saturated rings. The van der Waals surface area contributed by atoms with E-state index in [2.05, 4.69) is 42.7 Å². The van der Waals surface area contributed by atoms with Crippen LogP contribution >= 0.6 is 0 Å². The van der Waals surface area contributed by atoms with Crippen molar-refractivity contribution in [2.24, 2.45) is 5.41 Å². The first kappa shape index (κ1) is 23.6. The van der Waals surface area contributed by atoms with E-state index in [1.54, 1.807) is 12.5 Å². The van der Waals surface area contributed by atoms with E-state index in [1.807, 2.05) is 0 Å². The van der Waals surface area contributed by atoms with Gasteiger partial charge in [-0.3, -0.25) is 9.69 Å². The summed E-state index contributed by atoms with van der Waals surface area (Å²) in [6.45, 7) is 13.4. The van der Waals surface area contributed by atoms with Gasteiger partial charge in [0.15, 0.2) is 0 Å². The Bertz CT molecular complexity index is 787. The highest BCUT2D eigenvalue weighted by atomic mass is 16.5. The molecular formula is C28H44N2O2. The van der Waals surface area contributed by atoms with Crippen LogP contribution in [0.15, 0.2) is 12.1 Å². The number of amides is 1. The molecule has 0 bridgehead atoms. The third-order valence-electron chi connectivity index (χ3n) is 8.18. The molecule has 1 aromatic rings. The maximum Gasteiger partial charge on any atom is 0.219 e. The van der Waals surface area contributed by atoms with Crippen molar-refractivity contribution in [1.29, 1.82) is 0 Å². The molecule has 0 spiro atoms. The van der Waals surface area contributed by atoms with Crippen LogP contribution in [-0.2, 0) is 11.3 Å². The van der Waals surface area contributed by atoms with Gasteiger partial charge in [-0.05, 0) is 99.6 Å². The predicted molar refractivity (Wildman–Crippen MR) is 131 cm³/mol. The molecule has 1 heterocycles. The van der Waals surface area contributed by atoms with Crippen molar-refractivity contribution in [3.63, 3.8) is 0 Å². The predicted octanol–water partition coefficient (Wildman–Crippen LogP) is 6.05. The summed E-state index contributed by atoms with van der Waals surface area (Å²) in [7, 11) is 0.